The molecular formula is C26H35ClN5O9P. The standard InChI is InChI=1S/C26H35ClN5O9P/c1-5-37-22-19-21(29-30-22)32(14-28-19)23-26(4,35)20(33)18(40-23)13-38-42(36,41-17-11-9-15(27)10-12-17)31-25(2,3)24(34)39-16-7-6-8-16/h9-12,14,16,18,20,23,33,35H,5-8,13H2,1-4H3,(H,29,30)(H,31,36)/t18?,20-,23?,26-,42?/m1/s1. The Hall–Kier alpha value is -2.71. The minimum absolute atomic E-state index is 0.154. The summed E-state index contributed by atoms with van der Waals surface area (Å²) in [6, 6.07) is 6.07. The molecule has 0 bridgehead atoms. The number of nitrogens with zero attached hydrogens (tertiary/aromatic N) is 3. The Labute approximate surface area is 247 Å². The fraction of sp³-hybridized carbons (Fsp3) is 0.577. The highest BCUT2D eigenvalue weighted by Crippen LogP contribution is 2.48. The zero-order valence-corrected chi connectivity index (χ0v) is 25.3. The van der Waals surface area contributed by atoms with Crippen LogP contribution in [0.2, 0.25) is 5.02 Å². The number of halogens is 1. The van der Waals surface area contributed by atoms with Gasteiger partial charge < -0.3 is 28.9 Å². The molecule has 3 unspecified atom stereocenters. The molecule has 1 aliphatic carbocycles. The topological polar surface area (TPSA) is 179 Å². The molecule has 42 heavy (non-hydrogen) atoms. The van der Waals surface area contributed by atoms with E-state index in [2.05, 4.69) is 20.3 Å². The molecule has 2 aliphatic rings. The summed E-state index contributed by atoms with van der Waals surface area (Å²) in [5, 5.41) is 32.3. The summed E-state index contributed by atoms with van der Waals surface area (Å²) >= 11 is 5.98. The predicted molar refractivity (Wildman–Crippen MR) is 150 cm³/mol. The van der Waals surface area contributed by atoms with Crippen LogP contribution < -0.4 is 14.3 Å². The number of aromatic amines is 1. The Bertz CT molecular complexity index is 1460. The van der Waals surface area contributed by atoms with E-state index >= 15 is 0 Å². The molecule has 5 rings (SSSR count). The van der Waals surface area contributed by atoms with Gasteiger partial charge in [0, 0.05) is 5.02 Å². The summed E-state index contributed by atoms with van der Waals surface area (Å²) in [6.45, 7) is 6.11. The second-order valence-electron chi connectivity index (χ2n) is 11.0. The summed E-state index contributed by atoms with van der Waals surface area (Å²) in [7, 11) is -4.33. The van der Waals surface area contributed by atoms with Crippen LogP contribution in [0.25, 0.3) is 11.2 Å². The second-order valence-corrected chi connectivity index (χ2v) is 13.1. The number of rotatable bonds is 12. The van der Waals surface area contributed by atoms with E-state index in [-0.39, 0.29) is 17.7 Å². The molecular weight excluding hydrogens is 593 g/mol. The Morgan fingerprint density at radius 2 is 2.05 bits per heavy atom. The van der Waals surface area contributed by atoms with E-state index < -0.39 is 49.9 Å². The molecule has 5 atom stereocenters. The number of imidazole rings is 1. The largest absolute Gasteiger partial charge is 0.475 e. The van der Waals surface area contributed by atoms with Crippen LogP contribution in [0.1, 0.15) is 53.2 Å². The van der Waals surface area contributed by atoms with Crippen LogP contribution in [0.5, 0.6) is 11.6 Å². The molecule has 1 saturated carbocycles. The van der Waals surface area contributed by atoms with Gasteiger partial charge in [-0.3, -0.25) is 19.0 Å². The van der Waals surface area contributed by atoms with Crippen LogP contribution in [0.3, 0.4) is 0 Å². The number of nitrogens with one attached hydrogen (secondary N) is 2. The lowest BCUT2D eigenvalue weighted by molar-refractivity contribution is -0.159. The SMILES string of the molecule is CCOc1n[nH]c2c1ncn2C1OC(COP(=O)(NC(C)(C)C(=O)OC2CCC2)Oc2ccc(Cl)cc2)[C@@H](O)[C@@]1(C)O. The van der Waals surface area contributed by atoms with E-state index in [4.69, 9.17) is 34.9 Å². The first-order chi connectivity index (χ1) is 19.8. The zero-order valence-electron chi connectivity index (χ0n) is 23.7. The van der Waals surface area contributed by atoms with Gasteiger partial charge in [0.1, 0.15) is 35.2 Å². The molecule has 3 aromatic rings. The summed E-state index contributed by atoms with van der Waals surface area (Å²) < 4.78 is 44.1. The van der Waals surface area contributed by atoms with Crippen molar-refractivity contribution in [3.63, 3.8) is 0 Å². The van der Waals surface area contributed by atoms with Crippen molar-refractivity contribution in [1.29, 1.82) is 0 Å². The van der Waals surface area contributed by atoms with Gasteiger partial charge in [0.15, 0.2) is 17.4 Å². The maximum Gasteiger partial charge on any atom is 0.459 e. The number of aliphatic hydroxyl groups is 2. The van der Waals surface area contributed by atoms with Crippen molar-refractivity contribution in [3.8, 4) is 11.6 Å². The van der Waals surface area contributed by atoms with Gasteiger partial charge in [-0.15, -0.1) is 5.10 Å². The fourth-order valence-corrected chi connectivity index (χ4v) is 6.45. The molecule has 0 spiro atoms. The predicted octanol–water partition coefficient (Wildman–Crippen LogP) is 3.49. The third-order valence-corrected chi connectivity index (χ3v) is 9.27. The number of hydrogen-bond donors (Lipinski definition) is 4. The van der Waals surface area contributed by atoms with E-state index in [9.17, 15) is 19.6 Å². The van der Waals surface area contributed by atoms with Crippen LogP contribution in [0.4, 0.5) is 0 Å². The first kappa shape index (κ1) is 30.7. The van der Waals surface area contributed by atoms with Gasteiger partial charge in [-0.1, -0.05) is 11.6 Å². The van der Waals surface area contributed by atoms with Gasteiger partial charge in [0.05, 0.1) is 19.5 Å². The van der Waals surface area contributed by atoms with E-state index in [1.807, 2.05) is 6.92 Å². The number of fused-ring (bicyclic) bond motifs is 1. The lowest BCUT2D eigenvalue weighted by Crippen LogP contribution is -2.49. The smallest absolute Gasteiger partial charge is 0.459 e. The summed E-state index contributed by atoms with van der Waals surface area (Å²) in [5.74, 6) is -0.179. The van der Waals surface area contributed by atoms with E-state index in [1.54, 1.807) is 12.1 Å². The van der Waals surface area contributed by atoms with Crippen LogP contribution in [-0.4, -0.2) is 78.6 Å². The highest BCUT2D eigenvalue weighted by molar-refractivity contribution is 7.52. The summed E-state index contributed by atoms with van der Waals surface area (Å²) in [6.07, 6.45) is -0.0209. The monoisotopic (exact) mass is 627 g/mol. The number of benzene rings is 1. The molecule has 230 valence electrons. The number of aromatic nitrogens is 4. The van der Waals surface area contributed by atoms with Crippen molar-refractivity contribution < 1.29 is 42.8 Å². The number of carbonyl (C=O) groups is 1. The maximum absolute atomic E-state index is 14.1. The first-order valence-electron chi connectivity index (χ1n) is 13.6. The highest BCUT2D eigenvalue weighted by atomic mass is 35.5. The van der Waals surface area contributed by atoms with Gasteiger partial charge >= 0.3 is 13.7 Å². The van der Waals surface area contributed by atoms with Crippen LogP contribution in [-0.2, 0) is 23.4 Å². The molecule has 2 fully saturated rings. The summed E-state index contributed by atoms with van der Waals surface area (Å²) in [4.78, 5) is 17.2. The van der Waals surface area contributed by atoms with Gasteiger partial charge in [-0.2, -0.15) is 5.09 Å². The van der Waals surface area contributed by atoms with Crippen LogP contribution in [0.15, 0.2) is 30.6 Å². The number of H-pyrrole nitrogens is 1. The first-order valence-corrected chi connectivity index (χ1v) is 15.5. The lowest BCUT2D eigenvalue weighted by atomic mass is 9.96. The van der Waals surface area contributed by atoms with E-state index in [0.717, 1.165) is 19.3 Å². The highest BCUT2D eigenvalue weighted by Gasteiger charge is 2.54. The minimum Gasteiger partial charge on any atom is -0.475 e. The average Bonchev–Trinajstić information content (AvgIpc) is 3.55. The molecule has 1 aliphatic heterocycles. The Morgan fingerprint density at radius 3 is 2.69 bits per heavy atom. The van der Waals surface area contributed by atoms with Crippen molar-refractivity contribution in [2.45, 2.75) is 82.6 Å². The molecule has 3 heterocycles. The van der Waals surface area contributed by atoms with Crippen molar-refractivity contribution >= 4 is 36.5 Å². The van der Waals surface area contributed by atoms with Crippen molar-refractivity contribution in [2.75, 3.05) is 13.2 Å². The molecule has 0 amide bonds. The quantitative estimate of drug-likeness (QED) is 0.170. The number of hydrogen-bond acceptors (Lipinski definition) is 11. The maximum atomic E-state index is 14.1. The minimum atomic E-state index is -4.33. The van der Waals surface area contributed by atoms with Crippen LogP contribution >= 0.6 is 19.3 Å². The van der Waals surface area contributed by atoms with Gasteiger partial charge in [-0.25, -0.2) is 9.55 Å². The Balaban J connectivity index is 1.35. The number of aliphatic hydroxyl groups excluding tert-OH is 1. The molecule has 14 nitrogen and oxygen atoms in total. The average molecular weight is 628 g/mol. The molecule has 2 aromatic heterocycles. The Kier molecular flexibility index (Phi) is 8.61. The van der Waals surface area contributed by atoms with E-state index in [1.165, 1.54) is 43.8 Å². The number of ether oxygens (including phenoxy) is 3. The molecule has 0 radical (unpaired) electrons. The van der Waals surface area contributed by atoms with Gasteiger partial charge in [-0.05, 0) is 71.2 Å². The number of esters is 1. The van der Waals surface area contributed by atoms with Crippen molar-refractivity contribution in [3.05, 3.63) is 35.6 Å². The molecule has 1 saturated heterocycles. The van der Waals surface area contributed by atoms with Crippen molar-refractivity contribution in [1.82, 2.24) is 24.8 Å². The molecule has 4 N–H and O–H groups in total. The Morgan fingerprint density at radius 1 is 1.33 bits per heavy atom. The zero-order chi connectivity index (χ0) is 30.3. The fourth-order valence-electron chi connectivity index (χ4n) is 4.64. The van der Waals surface area contributed by atoms with Crippen molar-refractivity contribution in [2.24, 2.45) is 0 Å². The molecule has 1 aromatic carbocycles. The lowest BCUT2D eigenvalue weighted by Gasteiger charge is -2.33. The normalized spacial score (nSPS) is 26.1. The third kappa shape index (κ3) is 6.16. The van der Waals surface area contributed by atoms with E-state index in [0.29, 0.717) is 22.8 Å². The van der Waals surface area contributed by atoms with Gasteiger partial charge in [0.2, 0.25) is 0 Å². The van der Waals surface area contributed by atoms with Gasteiger partial charge in [0.25, 0.3) is 5.88 Å². The third-order valence-electron chi connectivity index (χ3n) is 7.25. The molecule has 16 heteroatoms. The van der Waals surface area contributed by atoms with Crippen LogP contribution in [0, 0.1) is 0 Å². The number of carbonyl (C=O) groups excluding carboxylic acids is 1. The second kappa shape index (κ2) is 11.8. The summed E-state index contributed by atoms with van der Waals surface area (Å²) in [5.41, 5.74) is -2.46.